The van der Waals surface area contributed by atoms with Crippen molar-refractivity contribution in [3.63, 3.8) is 0 Å². The standard InChI is InChI=1S/C26H30FN5O3/c1-18(33)24-26(19-6-3-2-4-7-19,10-5-11-30-12-14-31(15-13-30)25(28)34)23-17-35-22-9-8-20(27)16-21(22)32(23)29-24/h2-4,6-9,16,23H,5,10-15,17H2,1H3,(H2,28,34)/t23?,26-/m0/s1. The van der Waals surface area contributed by atoms with Gasteiger partial charge in [-0.15, -0.1) is 0 Å². The molecule has 5 rings (SSSR count). The van der Waals surface area contributed by atoms with Crippen LogP contribution < -0.4 is 15.5 Å². The van der Waals surface area contributed by atoms with Gasteiger partial charge in [0, 0.05) is 39.2 Å². The average Bonchev–Trinajstić information content (AvgIpc) is 3.21. The summed E-state index contributed by atoms with van der Waals surface area (Å²) in [5.41, 5.74) is 6.75. The largest absolute Gasteiger partial charge is 0.489 e. The third-order valence-corrected chi connectivity index (χ3v) is 7.41. The van der Waals surface area contributed by atoms with E-state index in [0.29, 0.717) is 43.3 Å². The number of anilines is 1. The number of piperazine rings is 1. The Balaban J connectivity index is 1.45. The van der Waals surface area contributed by atoms with Gasteiger partial charge in [0.05, 0.1) is 5.41 Å². The van der Waals surface area contributed by atoms with Crippen LogP contribution in [-0.4, -0.2) is 72.7 Å². The first-order valence-electron chi connectivity index (χ1n) is 12.0. The molecule has 1 fully saturated rings. The van der Waals surface area contributed by atoms with Crippen LogP contribution in [0.1, 0.15) is 25.3 Å². The quantitative estimate of drug-likeness (QED) is 0.688. The first kappa shape index (κ1) is 23.3. The zero-order chi connectivity index (χ0) is 24.6. The summed E-state index contributed by atoms with van der Waals surface area (Å²) in [5.74, 6) is 0.0849. The number of rotatable bonds is 6. The van der Waals surface area contributed by atoms with E-state index in [9.17, 15) is 14.0 Å². The normalized spacial score (nSPS) is 23.8. The maximum Gasteiger partial charge on any atom is 0.314 e. The number of hydrazone groups is 1. The van der Waals surface area contributed by atoms with E-state index < -0.39 is 5.41 Å². The summed E-state index contributed by atoms with van der Waals surface area (Å²) in [5, 5.41) is 6.59. The number of fused-ring (bicyclic) bond motifs is 3. The summed E-state index contributed by atoms with van der Waals surface area (Å²) in [6.45, 7) is 5.47. The number of hydrogen-bond acceptors (Lipinski definition) is 6. The summed E-state index contributed by atoms with van der Waals surface area (Å²) in [7, 11) is 0. The van der Waals surface area contributed by atoms with Gasteiger partial charge < -0.3 is 15.4 Å². The molecule has 2 atom stereocenters. The third-order valence-electron chi connectivity index (χ3n) is 7.41. The number of Topliss-reactive ketones (excluding diaryl/α,β-unsaturated/α-hetero) is 1. The van der Waals surface area contributed by atoms with E-state index in [2.05, 4.69) is 4.90 Å². The predicted octanol–water partition coefficient (Wildman–Crippen LogP) is 2.77. The Morgan fingerprint density at radius 1 is 1.14 bits per heavy atom. The first-order valence-corrected chi connectivity index (χ1v) is 12.0. The van der Waals surface area contributed by atoms with E-state index in [1.165, 1.54) is 12.1 Å². The van der Waals surface area contributed by atoms with Crippen LogP contribution in [-0.2, 0) is 10.2 Å². The van der Waals surface area contributed by atoms with Gasteiger partial charge in [-0.3, -0.25) is 14.7 Å². The molecule has 0 bridgehead atoms. The summed E-state index contributed by atoms with van der Waals surface area (Å²) in [4.78, 5) is 28.4. The fraction of sp³-hybridized carbons (Fsp3) is 0.423. The lowest BCUT2D eigenvalue weighted by Gasteiger charge is -2.42. The molecule has 3 heterocycles. The number of amides is 2. The van der Waals surface area contributed by atoms with Crippen molar-refractivity contribution in [2.24, 2.45) is 10.8 Å². The maximum absolute atomic E-state index is 14.2. The van der Waals surface area contributed by atoms with Crippen molar-refractivity contribution in [1.82, 2.24) is 9.80 Å². The molecule has 3 aliphatic rings. The zero-order valence-electron chi connectivity index (χ0n) is 19.8. The van der Waals surface area contributed by atoms with Crippen molar-refractivity contribution in [2.45, 2.75) is 31.2 Å². The number of carbonyl (C=O) groups excluding carboxylic acids is 2. The second-order valence-corrected chi connectivity index (χ2v) is 9.40. The molecule has 0 spiro atoms. The van der Waals surface area contributed by atoms with Gasteiger partial charge in [-0.1, -0.05) is 30.3 Å². The molecule has 184 valence electrons. The minimum atomic E-state index is -0.688. The van der Waals surface area contributed by atoms with Gasteiger partial charge in [0.15, 0.2) is 5.78 Å². The van der Waals surface area contributed by atoms with Crippen LogP contribution in [0.5, 0.6) is 5.75 Å². The molecule has 35 heavy (non-hydrogen) atoms. The number of hydrogen-bond donors (Lipinski definition) is 1. The SMILES string of the molecule is CC(=O)C1=NN2c3cc(F)ccc3OCC2[C@]1(CCCN1CCN(C(N)=O)CC1)c1ccccc1. The molecule has 2 amide bonds. The Morgan fingerprint density at radius 2 is 1.89 bits per heavy atom. The van der Waals surface area contributed by atoms with Crippen molar-refractivity contribution < 1.29 is 18.7 Å². The van der Waals surface area contributed by atoms with Gasteiger partial charge >= 0.3 is 6.03 Å². The highest BCUT2D eigenvalue weighted by Gasteiger charge is 2.55. The number of benzene rings is 2. The molecule has 9 heteroatoms. The number of ketones is 1. The van der Waals surface area contributed by atoms with Crippen LogP contribution in [0.4, 0.5) is 14.9 Å². The van der Waals surface area contributed by atoms with Crippen LogP contribution in [0.2, 0.25) is 0 Å². The second kappa shape index (κ2) is 9.30. The summed E-state index contributed by atoms with van der Waals surface area (Å²) >= 11 is 0. The van der Waals surface area contributed by atoms with E-state index in [-0.39, 0.29) is 23.7 Å². The smallest absolute Gasteiger partial charge is 0.314 e. The molecule has 8 nitrogen and oxygen atoms in total. The number of ether oxygens (including phenoxy) is 1. The molecule has 2 aromatic rings. The first-order chi connectivity index (χ1) is 16.9. The van der Waals surface area contributed by atoms with Crippen molar-refractivity contribution in [2.75, 3.05) is 44.3 Å². The number of primary amides is 1. The highest BCUT2D eigenvalue weighted by atomic mass is 19.1. The summed E-state index contributed by atoms with van der Waals surface area (Å²) < 4.78 is 20.2. The molecule has 0 radical (unpaired) electrons. The predicted molar refractivity (Wildman–Crippen MR) is 131 cm³/mol. The van der Waals surface area contributed by atoms with Gasteiger partial charge in [0.25, 0.3) is 0 Å². The number of halogens is 1. The molecule has 0 aromatic heterocycles. The topological polar surface area (TPSA) is 91.5 Å². The van der Waals surface area contributed by atoms with Gasteiger partial charge in [-0.2, -0.15) is 5.10 Å². The maximum atomic E-state index is 14.2. The Morgan fingerprint density at radius 3 is 2.57 bits per heavy atom. The van der Waals surface area contributed by atoms with E-state index in [1.54, 1.807) is 22.9 Å². The van der Waals surface area contributed by atoms with Crippen molar-refractivity contribution in [3.05, 3.63) is 59.9 Å². The summed E-state index contributed by atoms with van der Waals surface area (Å²) in [6.07, 6.45) is 1.50. The minimum absolute atomic E-state index is 0.101. The van der Waals surface area contributed by atoms with Gasteiger partial charge in [0.2, 0.25) is 0 Å². The van der Waals surface area contributed by atoms with Crippen LogP contribution in [0.15, 0.2) is 53.6 Å². The molecule has 1 saturated heterocycles. The Labute approximate surface area is 204 Å². The Hall–Kier alpha value is -3.46. The van der Waals surface area contributed by atoms with Gasteiger partial charge in [-0.25, -0.2) is 9.18 Å². The lowest BCUT2D eigenvalue weighted by atomic mass is 9.67. The molecular formula is C26H30FN5O3. The third kappa shape index (κ3) is 4.14. The Kier molecular flexibility index (Phi) is 6.19. The van der Waals surface area contributed by atoms with Crippen LogP contribution in [0.3, 0.4) is 0 Å². The minimum Gasteiger partial charge on any atom is -0.489 e. The second-order valence-electron chi connectivity index (χ2n) is 9.40. The van der Waals surface area contributed by atoms with Crippen molar-refractivity contribution in [3.8, 4) is 5.75 Å². The molecule has 2 N–H and O–H groups in total. The molecular weight excluding hydrogens is 449 g/mol. The van der Waals surface area contributed by atoms with Crippen LogP contribution in [0.25, 0.3) is 0 Å². The summed E-state index contributed by atoms with van der Waals surface area (Å²) in [6, 6.07) is 13.7. The van der Waals surface area contributed by atoms with E-state index in [0.717, 1.165) is 31.6 Å². The molecule has 1 unspecified atom stereocenters. The molecule has 0 saturated carbocycles. The fourth-order valence-electron chi connectivity index (χ4n) is 5.68. The van der Waals surface area contributed by atoms with E-state index >= 15 is 0 Å². The lowest BCUT2D eigenvalue weighted by molar-refractivity contribution is -0.111. The number of carbonyl (C=O) groups is 2. The Bertz CT molecular complexity index is 1150. The highest BCUT2D eigenvalue weighted by molar-refractivity contribution is 6.43. The number of urea groups is 1. The van der Waals surface area contributed by atoms with Crippen molar-refractivity contribution in [1.29, 1.82) is 0 Å². The molecule has 0 aliphatic carbocycles. The lowest BCUT2D eigenvalue weighted by Crippen LogP contribution is -2.54. The van der Waals surface area contributed by atoms with E-state index in [1.807, 2.05) is 30.3 Å². The number of nitrogens with zero attached hydrogens (tertiary/aromatic N) is 4. The van der Waals surface area contributed by atoms with Crippen LogP contribution in [0, 0.1) is 5.82 Å². The monoisotopic (exact) mass is 479 g/mol. The average molecular weight is 480 g/mol. The fourth-order valence-corrected chi connectivity index (χ4v) is 5.68. The van der Waals surface area contributed by atoms with E-state index in [4.69, 9.17) is 15.6 Å². The van der Waals surface area contributed by atoms with Crippen molar-refractivity contribution >= 4 is 23.2 Å². The molecule has 3 aliphatic heterocycles. The number of nitrogens with two attached hydrogens (primary N) is 1. The van der Waals surface area contributed by atoms with Gasteiger partial charge in [-0.05, 0) is 37.1 Å². The van der Waals surface area contributed by atoms with Crippen LogP contribution >= 0.6 is 0 Å². The van der Waals surface area contributed by atoms with Gasteiger partial charge in [0.1, 0.15) is 35.6 Å². The highest BCUT2D eigenvalue weighted by Crippen LogP contribution is 2.48. The molecule has 2 aromatic carbocycles. The zero-order valence-corrected chi connectivity index (χ0v) is 19.8.